The van der Waals surface area contributed by atoms with E-state index >= 15 is 0 Å². The van der Waals surface area contributed by atoms with E-state index in [1.807, 2.05) is 13.8 Å². The van der Waals surface area contributed by atoms with Crippen LogP contribution in [-0.2, 0) is 21.4 Å². The van der Waals surface area contributed by atoms with Crippen molar-refractivity contribution < 1.29 is 17.9 Å². The molecule has 8 nitrogen and oxygen atoms in total. The first-order chi connectivity index (χ1) is 14.7. The molecule has 0 radical (unpaired) electrons. The van der Waals surface area contributed by atoms with Crippen LogP contribution in [-0.4, -0.2) is 37.8 Å². The van der Waals surface area contributed by atoms with Crippen LogP contribution in [0.1, 0.15) is 20.8 Å². The van der Waals surface area contributed by atoms with Crippen LogP contribution in [0, 0.1) is 0 Å². The minimum absolute atomic E-state index is 0.0619. The first-order valence-electron chi connectivity index (χ1n) is 9.82. The molecule has 3 aromatic rings. The summed E-state index contributed by atoms with van der Waals surface area (Å²) in [6, 6.07) is 10.7. The third-order valence-corrected chi connectivity index (χ3v) is 6.93. The molecule has 0 saturated heterocycles. The van der Waals surface area contributed by atoms with Gasteiger partial charge in [0.15, 0.2) is 0 Å². The number of rotatable bonds is 8. The van der Waals surface area contributed by atoms with Crippen molar-refractivity contribution >= 4 is 48.9 Å². The predicted octanol–water partition coefficient (Wildman–Crippen LogP) is 3.27. The van der Waals surface area contributed by atoms with Crippen molar-refractivity contribution in [1.29, 1.82) is 0 Å². The maximum atomic E-state index is 12.9. The van der Waals surface area contributed by atoms with Gasteiger partial charge in [-0.15, -0.1) is 0 Å². The first-order valence-corrected chi connectivity index (χ1v) is 12.5. The van der Waals surface area contributed by atoms with E-state index in [0.717, 1.165) is 32.1 Å². The second kappa shape index (κ2) is 9.11. The number of nitrogens with one attached hydrogen (secondary N) is 1. The van der Waals surface area contributed by atoms with Crippen LogP contribution in [0.5, 0.6) is 5.75 Å². The molecule has 0 spiro atoms. The Morgan fingerprint density at radius 2 is 1.87 bits per heavy atom. The number of hydrogen-bond donors (Lipinski definition) is 1. The van der Waals surface area contributed by atoms with E-state index in [1.54, 1.807) is 47.0 Å². The Bertz CT molecular complexity index is 1250. The molecule has 2 aromatic carbocycles. The van der Waals surface area contributed by atoms with E-state index in [2.05, 4.69) is 5.32 Å². The van der Waals surface area contributed by atoms with Gasteiger partial charge in [0.1, 0.15) is 11.8 Å². The van der Waals surface area contributed by atoms with Crippen molar-refractivity contribution in [2.24, 2.45) is 0 Å². The molecular formula is C21H25N3O5S2. The summed E-state index contributed by atoms with van der Waals surface area (Å²) in [4.78, 5) is 24.9. The minimum atomic E-state index is -3.73. The second-order valence-corrected chi connectivity index (χ2v) is 9.80. The van der Waals surface area contributed by atoms with Gasteiger partial charge in [-0.05, 0) is 63.2 Å². The molecule has 0 fully saturated rings. The zero-order valence-corrected chi connectivity index (χ0v) is 19.4. The lowest BCUT2D eigenvalue weighted by Crippen LogP contribution is -2.45. The molecule has 1 heterocycles. The van der Waals surface area contributed by atoms with Gasteiger partial charge >= 0.3 is 4.87 Å². The molecule has 1 amide bonds. The quantitative estimate of drug-likeness (QED) is 0.553. The van der Waals surface area contributed by atoms with Gasteiger partial charge in [-0.25, -0.2) is 8.42 Å². The molecule has 0 unspecified atom stereocenters. The van der Waals surface area contributed by atoms with E-state index in [9.17, 15) is 18.0 Å². The van der Waals surface area contributed by atoms with Crippen LogP contribution in [0.15, 0.2) is 47.3 Å². The SMILES string of the molecule is CCOc1ccc(N([C@H](C)C(=O)Nc2ccc3c(c2)sc(=O)n3CC)S(C)(=O)=O)cc1. The minimum Gasteiger partial charge on any atom is -0.494 e. The van der Waals surface area contributed by atoms with E-state index < -0.39 is 22.0 Å². The molecule has 0 aliphatic rings. The van der Waals surface area contributed by atoms with Crippen LogP contribution in [0.25, 0.3) is 10.2 Å². The number of sulfonamides is 1. The zero-order valence-electron chi connectivity index (χ0n) is 17.8. The Kier molecular flexibility index (Phi) is 6.71. The number of aromatic nitrogens is 1. The van der Waals surface area contributed by atoms with Gasteiger partial charge in [0.2, 0.25) is 15.9 Å². The fourth-order valence-corrected chi connectivity index (χ4v) is 5.52. The monoisotopic (exact) mass is 463 g/mol. The average Bonchev–Trinajstić information content (AvgIpc) is 3.02. The Morgan fingerprint density at radius 3 is 2.45 bits per heavy atom. The molecule has 0 saturated carbocycles. The Balaban J connectivity index is 1.86. The number of aryl methyl sites for hydroxylation is 1. The summed E-state index contributed by atoms with van der Waals surface area (Å²) >= 11 is 1.10. The third kappa shape index (κ3) is 4.91. The summed E-state index contributed by atoms with van der Waals surface area (Å²) in [5.74, 6) is 0.129. The largest absolute Gasteiger partial charge is 0.494 e. The van der Waals surface area contributed by atoms with Crippen LogP contribution in [0.2, 0.25) is 0 Å². The molecule has 31 heavy (non-hydrogen) atoms. The molecule has 3 rings (SSSR count). The average molecular weight is 464 g/mol. The molecular weight excluding hydrogens is 438 g/mol. The Morgan fingerprint density at radius 1 is 1.19 bits per heavy atom. The van der Waals surface area contributed by atoms with Crippen LogP contribution in [0.4, 0.5) is 11.4 Å². The maximum absolute atomic E-state index is 12.9. The number of thiazole rings is 1. The Hall–Kier alpha value is -2.85. The number of fused-ring (bicyclic) bond motifs is 1. The highest BCUT2D eigenvalue weighted by atomic mass is 32.2. The molecule has 166 valence electrons. The number of carbonyl (C=O) groups excluding carboxylic acids is 1. The highest BCUT2D eigenvalue weighted by Crippen LogP contribution is 2.26. The first kappa shape index (κ1) is 22.8. The topological polar surface area (TPSA) is 97.7 Å². The highest BCUT2D eigenvalue weighted by molar-refractivity contribution is 7.92. The van der Waals surface area contributed by atoms with Crippen molar-refractivity contribution in [3.63, 3.8) is 0 Å². The highest BCUT2D eigenvalue weighted by Gasteiger charge is 2.29. The standard InChI is InChI=1S/C21H25N3O5S2/c1-5-23-18-12-7-15(13-19(18)30-21(23)26)22-20(25)14(3)24(31(4,27)28)16-8-10-17(11-9-16)29-6-2/h7-14H,5-6H2,1-4H3,(H,22,25)/t14-/m1/s1. The summed E-state index contributed by atoms with van der Waals surface area (Å²) < 4.78 is 33.8. The van der Waals surface area contributed by atoms with Gasteiger partial charge in [-0.1, -0.05) is 11.3 Å². The lowest BCUT2D eigenvalue weighted by Gasteiger charge is -2.28. The summed E-state index contributed by atoms with van der Waals surface area (Å²) in [7, 11) is -3.73. The molecule has 0 aliphatic carbocycles. The van der Waals surface area contributed by atoms with Gasteiger partial charge in [-0.3, -0.25) is 18.5 Å². The molecule has 1 aromatic heterocycles. The van der Waals surface area contributed by atoms with Crippen molar-refractivity contribution in [3.8, 4) is 5.75 Å². The van der Waals surface area contributed by atoms with Gasteiger partial charge in [0.25, 0.3) is 0 Å². The van der Waals surface area contributed by atoms with E-state index in [-0.39, 0.29) is 4.87 Å². The van der Waals surface area contributed by atoms with Gasteiger partial charge < -0.3 is 10.1 Å². The lowest BCUT2D eigenvalue weighted by atomic mass is 10.2. The van der Waals surface area contributed by atoms with Gasteiger partial charge in [0.05, 0.1) is 28.8 Å². The van der Waals surface area contributed by atoms with Crippen molar-refractivity contribution in [2.45, 2.75) is 33.4 Å². The number of benzene rings is 2. The smallest absolute Gasteiger partial charge is 0.308 e. The van der Waals surface area contributed by atoms with Gasteiger partial charge in [0, 0.05) is 12.2 Å². The predicted molar refractivity (Wildman–Crippen MR) is 125 cm³/mol. The number of anilines is 2. The molecule has 10 heteroatoms. The number of carbonyl (C=O) groups is 1. The van der Waals surface area contributed by atoms with E-state index in [1.165, 1.54) is 6.92 Å². The van der Waals surface area contributed by atoms with E-state index in [0.29, 0.717) is 30.3 Å². The van der Waals surface area contributed by atoms with Crippen LogP contribution in [0.3, 0.4) is 0 Å². The fourth-order valence-electron chi connectivity index (χ4n) is 3.36. The summed E-state index contributed by atoms with van der Waals surface area (Å²) in [5, 5.41) is 2.76. The molecule has 0 bridgehead atoms. The third-order valence-electron chi connectivity index (χ3n) is 4.74. The van der Waals surface area contributed by atoms with Gasteiger partial charge in [-0.2, -0.15) is 0 Å². The summed E-state index contributed by atoms with van der Waals surface area (Å²) in [6.45, 7) is 6.33. The fraction of sp³-hybridized carbons (Fsp3) is 0.333. The van der Waals surface area contributed by atoms with E-state index in [4.69, 9.17) is 4.74 Å². The molecule has 1 N–H and O–H groups in total. The normalized spacial score (nSPS) is 12.5. The van der Waals surface area contributed by atoms with Crippen LogP contribution >= 0.6 is 11.3 Å². The Labute approximate surface area is 185 Å². The number of hydrogen-bond acceptors (Lipinski definition) is 6. The van der Waals surface area contributed by atoms with Crippen molar-refractivity contribution in [1.82, 2.24) is 4.57 Å². The number of ether oxygens (including phenoxy) is 1. The van der Waals surface area contributed by atoms with Crippen molar-refractivity contribution in [2.75, 3.05) is 22.5 Å². The zero-order chi connectivity index (χ0) is 22.8. The summed E-state index contributed by atoms with van der Waals surface area (Å²) in [5.41, 5.74) is 1.66. The van der Waals surface area contributed by atoms with Crippen molar-refractivity contribution in [3.05, 3.63) is 52.1 Å². The molecule has 0 aliphatic heterocycles. The lowest BCUT2D eigenvalue weighted by molar-refractivity contribution is -0.116. The second-order valence-electron chi connectivity index (χ2n) is 6.95. The number of amides is 1. The maximum Gasteiger partial charge on any atom is 0.308 e. The summed E-state index contributed by atoms with van der Waals surface area (Å²) in [6.07, 6.45) is 1.06. The van der Waals surface area contributed by atoms with Crippen LogP contribution < -0.4 is 19.2 Å². The molecule has 1 atom stereocenters. The number of nitrogens with zero attached hydrogens (tertiary/aromatic N) is 2.